The van der Waals surface area contributed by atoms with Gasteiger partial charge in [0.1, 0.15) is 11.3 Å². The molecule has 1 atom stereocenters. The van der Waals surface area contributed by atoms with Gasteiger partial charge in [0.05, 0.1) is 18.3 Å². The summed E-state index contributed by atoms with van der Waals surface area (Å²) in [4.78, 5) is 27.5. The van der Waals surface area contributed by atoms with Gasteiger partial charge in [-0.25, -0.2) is 4.79 Å². The molecule has 32 heavy (non-hydrogen) atoms. The molecule has 172 valence electrons. The van der Waals surface area contributed by atoms with E-state index in [1.54, 1.807) is 16.6 Å². The number of carbonyl (C=O) groups is 2. The molecule has 0 radical (unpaired) electrons. The van der Waals surface area contributed by atoms with Gasteiger partial charge < -0.3 is 15.0 Å². The molecule has 2 amide bonds. The molecule has 0 bridgehead atoms. The first-order valence-electron chi connectivity index (χ1n) is 11.6. The van der Waals surface area contributed by atoms with E-state index in [4.69, 9.17) is 4.74 Å². The van der Waals surface area contributed by atoms with Crippen LogP contribution in [-0.2, 0) is 37.6 Å². The largest absolute Gasteiger partial charge is 0.444 e. The molecule has 7 nitrogen and oxygen atoms in total. The Labute approximate surface area is 190 Å². The number of rotatable bonds is 3. The Bertz CT molecular complexity index is 1030. The van der Waals surface area contributed by atoms with Gasteiger partial charge in [-0.15, -0.1) is 0 Å². The highest BCUT2D eigenvalue weighted by molar-refractivity contribution is 5.94. The van der Waals surface area contributed by atoms with Crippen LogP contribution in [0.25, 0.3) is 0 Å². The van der Waals surface area contributed by atoms with Gasteiger partial charge in [-0.05, 0) is 70.1 Å². The average Bonchev–Trinajstić information content (AvgIpc) is 3.07. The molecule has 2 aromatic rings. The second-order valence-corrected chi connectivity index (χ2v) is 9.98. The standard InChI is InChI=1S/C25H34N4O3/c1-16(18-11-10-17-8-6-7-9-19(17)14-18)26-23(30)22-20-15-29(24(31)32-25(2,3)4)13-12-21(20)27-28(22)5/h10-11,14,16H,6-9,12-13,15H2,1-5H3,(H,26,30). The summed E-state index contributed by atoms with van der Waals surface area (Å²) in [5, 5.41) is 7.70. The molecular weight excluding hydrogens is 404 g/mol. The second-order valence-electron chi connectivity index (χ2n) is 9.98. The molecule has 0 fully saturated rings. The summed E-state index contributed by atoms with van der Waals surface area (Å²) < 4.78 is 7.16. The van der Waals surface area contributed by atoms with Crippen LogP contribution >= 0.6 is 0 Å². The Morgan fingerprint density at radius 2 is 1.84 bits per heavy atom. The van der Waals surface area contributed by atoms with Crippen LogP contribution in [0.5, 0.6) is 0 Å². The number of aryl methyl sites for hydroxylation is 3. The highest BCUT2D eigenvalue weighted by Crippen LogP contribution is 2.27. The zero-order valence-electron chi connectivity index (χ0n) is 19.8. The zero-order valence-corrected chi connectivity index (χ0v) is 19.8. The van der Waals surface area contributed by atoms with Crippen molar-refractivity contribution in [1.82, 2.24) is 20.0 Å². The summed E-state index contributed by atoms with van der Waals surface area (Å²) in [6.07, 6.45) is 4.99. The molecule has 1 unspecified atom stereocenters. The maximum absolute atomic E-state index is 13.3. The summed E-state index contributed by atoms with van der Waals surface area (Å²) >= 11 is 0. The van der Waals surface area contributed by atoms with Crippen LogP contribution in [0.2, 0.25) is 0 Å². The van der Waals surface area contributed by atoms with E-state index in [-0.39, 0.29) is 18.0 Å². The van der Waals surface area contributed by atoms with Gasteiger partial charge in [-0.3, -0.25) is 9.48 Å². The van der Waals surface area contributed by atoms with Gasteiger partial charge in [0.2, 0.25) is 0 Å². The highest BCUT2D eigenvalue weighted by Gasteiger charge is 2.32. The Balaban J connectivity index is 1.50. The fraction of sp³-hybridized carbons (Fsp3) is 0.560. The number of benzene rings is 1. The highest BCUT2D eigenvalue weighted by atomic mass is 16.6. The van der Waals surface area contributed by atoms with Gasteiger partial charge in [0.15, 0.2) is 0 Å². The Morgan fingerprint density at radius 3 is 2.56 bits per heavy atom. The number of amides is 2. The van der Waals surface area contributed by atoms with Crippen molar-refractivity contribution in [3.05, 3.63) is 51.8 Å². The lowest BCUT2D eigenvalue weighted by Crippen LogP contribution is -2.40. The molecule has 0 saturated carbocycles. The van der Waals surface area contributed by atoms with E-state index < -0.39 is 5.60 Å². The number of aromatic nitrogens is 2. The second kappa shape index (κ2) is 8.60. The minimum absolute atomic E-state index is 0.120. The predicted octanol–water partition coefficient (Wildman–Crippen LogP) is 4.08. The fourth-order valence-electron chi connectivity index (χ4n) is 4.64. The lowest BCUT2D eigenvalue weighted by Gasteiger charge is -2.30. The van der Waals surface area contributed by atoms with E-state index in [9.17, 15) is 9.59 Å². The number of carbonyl (C=O) groups excluding carboxylic acids is 2. The van der Waals surface area contributed by atoms with Gasteiger partial charge in [-0.2, -0.15) is 5.10 Å². The van der Waals surface area contributed by atoms with Crippen molar-refractivity contribution in [1.29, 1.82) is 0 Å². The van der Waals surface area contributed by atoms with Crippen LogP contribution < -0.4 is 5.32 Å². The van der Waals surface area contributed by atoms with Crippen molar-refractivity contribution < 1.29 is 14.3 Å². The maximum Gasteiger partial charge on any atom is 0.410 e. The summed E-state index contributed by atoms with van der Waals surface area (Å²) in [7, 11) is 1.79. The molecule has 1 N–H and O–H groups in total. The lowest BCUT2D eigenvalue weighted by molar-refractivity contribution is 0.0222. The maximum atomic E-state index is 13.3. The SMILES string of the molecule is CC(NC(=O)c1c2c(nn1C)CCN(C(=O)OC(C)(C)C)C2)c1ccc2c(c1)CCCC2. The van der Waals surface area contributed by atoms with Crippen LogP contribution in [0.15, 0.2) is 18.2 Å². The molecular formula is C25H34N4O3. The number of hydrogen-bond acceptors (Lipinski definition) is 4. The number of hydrogen-bond donors (Lipinski definition) is 1. The van der Waals surface area contributed by atoms with Crippen molar-refractivity contribution in [3.8, 4) is 0 Å². The Kier molecular flexibility index (Phi) is 6.01. The molecule has 1 aliphatic carbocycles. The third-order valence-electron chi connectivity index (χ3n) is 6.28. The molecule has 1 aromatic carbocycles. The Morgan fingerprint density at radius 1 is 1.12 bits per heavy atom. The average molecular weight is 439 g/mol. The molecule has 0 spiro atoms. The molecule has 7 heteroatoms. The van der Waals surface area contributed by atoms with Gasteiger partial charge in [0, 0.05) is 25.6 Å². The quantitative estimate of drug-likeness (QED) is 0.783. The van der Waals surface area contributed by atoms with E-state index in [0.29, 0.717) is 25.2 Å². The van der Waals surface area contributed by atoms with Crippen molar-refractivity contribution in [2.24, 2.45) is 7.05 Å². The number of nitrogens with zero attached hydrogens (tertiary/aromatic N) is 3. The van der Waals surface area contributed by atoms with Crippen LogP contribution in [-0.4, -0.2) is 38.8 Å². The molecule has 0 saturated heterocycles. The first kappa shape index (κ1) is 22.4. The summed E-state index contributed by atoms with van der Waals surface area (Å²) in [6, 6.07) is 6.45. The van der Waals surface area contributed by atoms with E-state index in [1.165, 1.54) is 24.0 Å². The lowest BCUT2D eigenvalue weighted by atomic mass is 9.89. The van der Waals surface area contributed by atoms with Gasteiger partial charge in [0.25, 0.3) is 5.91 Å². The van der Waals surface area contributed by atoms with E-state index in [2.05, 4.69) is 28.6 Å². The molecule has 2 heterocycles. The molecule has 4 rings (SSSR count). The minimum atomic E-state index is -0.559. The van der Waals surface area contributed by atoms with Crippen molar-refractivity contribution in [3.63, 3.8) is 0 Å². The predicted molar refractivity (Wildman–Crippen MR) is 123 cm³/mol. The first-order chi connectivity index (χ1) is 15.1. The topological polar surface area (TPSA) is 76.5 Å². The summed E-state index contributed by atoms with van der Waals surface area (Å²) in [6.45, 7) is 8.43. The van der Waals surface area contributed by atoms with Crippen molar-refractivity contribution >= 4 is 12.0 Å². The first-order valence-corrected chi connectivity index (χ1v) is 11.6. The third kappa shape index (κ3) is 4.66. The van der Waals surface area contributed by atoms with Gasteiger partial charge in [-0.1, -0.05) is 18.2 Å². The summed E-state index contributed by atoms with van der Waals surface area (Å²) in [5.41, 5.74) is 5.58. The van der Waals surface area contributed by atoms with Crippen molar-refractivity contribution in [2.75, 3.05) is 6.54 Å². The van der Waals surface area contributed by atoms with E-state index >= 15 is 0 Å². The summed E-state index contributed by atoms with van der Waals surface area (Å²) in [5.74, 6) is -0.169. The molecule has 1 aliphatic heterocycles. The van der Waals surface area contributed by atoms with Crippen LogP contribution in [0.3, 0.4) is 0 Å². The van der Waals surface area contributed by atoms with Crippen LogP contribution in [0, 0.1) is 0 Å². The third-order valence-corrected chi connectivity index (χ3v) is 6.28. The van der Waals surface area contributed by atoms with Gasteiger partial charge >= 0.3 is 6.09 Å². The normalized spacial score (nSPS) is 16.7. The van der Waals surface area contributed by atoms with E-state index in [0.717, 1.165) is 29.7 Å². The molecule has 2 aliphatic rings. The fourth-order valence-corrected chi connectivity index (χ4v) is 4.64. The Hall–Kier alpha value is -2.83. The smallest absolute Gasteiger partial charge is 0.410 e. The number of fused-ring (bicyclic) bond motifs is 2. The van der Waals surface area contributed by atoms with Crippen LogP contribution in [0.1, 0.15) is 85.0 Å². The van der Waals surface area contributed by atoms with Crippen molar-refractivity contribution in [2.45, 2.75) is 78.0 Å². The monoisotopic (exact) mass is 438 g/mol. The number of nitrogens with one attached hydrogen (secondary N) is 1. The minimum Gasteiger partial charge on any atom is -0.444 e. The molecule has 1 aromatic heterocycles. The van der Waals surface area contributed by atoms with E-state index in [1.807, 2.05) is 27.7 Å². The number of ether oxygens (including phenoxy) is 1. The zero-order chi connectivity index (χ0) is 23.0. The van der Waals surface area contributed by atoms with Crippen LogP contribution in [0.4, 0.5) is 4.79 Å².